The van der Waals surface area contributed by atoms with E-state index < -0.39 is 0 Å². The van der Waals surface area contributed by atoms with Gasteiger partial charge in [0, 0.05) is 22.7 Å². The van der Waals surface area contributed by atoms with Crippen LogP contribution >= 0.6 is 11.6 Å². The van der Waals surface area contributed by atoms with Crippen molar-refractivity contribution in [3.63, 3.8) is 0 Å². The van der Waals surface area contributed by atoms with Crippen molar-refractivity contribution >= 4 is 23.5 Å². The Kier molecular flexibility index (Phi) is 5.38. The van der Waals surface area contributed by atoms with Crippen molar-refractivity contribution in [2.24, 2.45) is 0 Å². The number of aromatic nitrogens is 4. The quantitative estimate of drug-likeness (QED) is 0.741. The van der Waals surface area contributed by atoms with Crippen LogP contribution in [0.5, 0.6) is 5.75 Å². The zero-order chi connectivity index (χ0) is 16.9. The fourth-order valence-corrected chi connectivity index (χ4v) is 2.03. The second-order valence-corrected chi connectivity index (χ2v) is 6.36. The molecule has 0 atom stereocenters. The summed E-state index contributed by atoms with van der Waals surface area (Å²) in [5, 5.41) is 19.8. The number of amides is 1. The molecule has 1 aromatic heterocycles. The van der Waals surface area contributed by atoms with Gasteiger partial charge in [-0.05, 0) is 44.2 Å². The summed E-state index contributed by atoms with van der Waals surface area (Å²) in [6.45, 7) is 6.04. The first-order valence-electron chi connectivity index (χ1n) is 7.03. The van der Waals surface area contributed by atoms with E-state index in [1.807, 2.05) is 20.8 Å². The van der Waals surface area contributed by atoms with Crippen LogP contribution in [0.1, 0.15) is 26.3 Å². The van der Waals surface area contributed by atoms with E-state index in [1.165, 1.54) is 0 Å². The molecule has 8 nitrogen and oxygen atoms in total. The molecular weight excluding hydrogens is 320 g/mol. The lowest BCUT2D eigenvalue weighted by Gasteiger charge is -2.21. The molecule has 3 N–H and O–H groups in total. The number of nitrogens with one attached hydrogen (secondary N) is 3. The van der Waals surface area contributed by atoms with Crippen LogP contribution in [-0.4, -0.2) is 38.7 Å². The Hall–Kier alpha value is -2.35. The number of ether oxygens (including phenoxy) is 1. The average Bonchev–Trinajstić information content (AvgIpc) is 2.95. The molecule has 0 radical (unpaired) electrons. The summed E-state index contributed by atoms with van der Waals surface area (Å²) in [5.41, 5.74) is 0.481. The van der Waals surface area contributed by atoms with Gasteiger partial charge in [-0.2, -0.15) is 5.21 Å². The molecule has 0 bridgehead atoms. The SMILES string of the molecule is CC(C)(C)NC(=O)COc1ccc(Cl)cc1CNc1nn[nH]n1. The van der Waals surface area contributed by atoms with Gasteiger partial charge in [0.15, 0.2) is 6.61 Å². The summed E-state index contributed by atoms with van der Waals surface area (Å²) in [5.74, 6) is 0.736. The minimum Gasteiger partial charge on any atom is -0.483 e. The summed E-state index contributed by atoms with van der Waals surface area (Å²) < 4.78 is 5.59. The van der Waals surface area contributed by atoms with Crippen molar-refractivity contribution in [1.82, 2.24) is 25.9 Å². The number of carbonyl (C=O) groups excluding carboxylic acids is 1. The van der Waals surface area contributed by atoms with Gasteiger partial charge >= 0.3 is 0 Å². The third kappa shape index (κ3) is 5.74. The normalized spacial score (nSPS) is 11.1. The van der Waals surface area contributed by atoms with Crippen molar-refractivity contribution in [2.75, 3.05) is 11.9 Å². The largest absolute Gasteiger partial charge is 0.483 e. The average molecular weight is 339 g/mol. The molecule has 0 spiro atoms. The lowest BCUT2D eigenvalue weighted by Crippen LogP contribution is -2.43. The molecule has 1 aromatic carbocycles. The van der Waals surface area contributed by atoms with Crippen LogP contribution in [0.2, 0.25) is 5.02 Å². The monoisotopic (exact) mass is 338 g/mol. The van der Waals surface area contributed by atoms with Gasteiger partial charge in [-0.25, -0.2) is 0 Å². The summed E-state index contributed by atoms with van der Waals surface area (Å²) >= 11 is 6.01. The lowest BCUT2D eigenvalue weighted by molar-refractivity contribution is -0.124. The second-order valence-electron chi connectivity index (χ2n) is 5.93. The Labute approximate surface area is 138 Å². The Morgan fingerprint density at radius 1 is 1.39 bits per heavy atom. The maximum Gasteiger partial charge on any atom is 0.263 e. The van der Waals surface area contributed by atoms with E-state index in [0.717, 1.165) is 5.56 Å². The zero-order valence-corrected chi connectivity index (χ0v) is 13.9. The lowest BCUT2D eigenvalue weighted by atomic mass is 10.1. The number of carbonyl (C=O) groups is 1. The van der Waals surface area contributed by atoms with Crippen molar-refractivity contribution < 1.29 is 9.53 Å². The van der Waals surface area contributed by atoms with Gasteiger partial charge in [-0.1, -0.05) is 16.7 Å². The highest BCUT2D eigenvalue weighted by molar-refractivity contribution is 6.30. The predicted octanol–water partition coefficient (Wildman–Crippen LogP) is 1.76. The molecule has 0 aliphatic carbocycles. The molecule has 0 saturated carbocycles. The first kappa shape index (κ1) is 17.0. The van der Waals surface area contributed by atoms with E-state index in [9.17, 15) is 4.79 Å². The fraction of sp³-hybridized carbons (Fsp3) is 0.429. The number of hydrogen-bond acceptors (Lipinski definition) is 6. The van der Waals surface area contributed by atoms with E-state index in [1.54, 1.807) is 18.2 Å². The van der Waals surface area contributed by atoms with E-state index in [2.05, 4.69) is 31.3 Å². The third-order valence-corrected chi connectivity index (χ3v) is 2.91. The highest BCUT2D eigenvalue weighted by atomic mass is 35.5. The highest BCUT2D eigenvalue weighted by Gasteiger charge is 2.15. The van der Waals surface area contributed by atoms with Crippen LogP contribution in [0.3, 0.4) is 0 Å². The second kappa shape index (κ2) is 7.28. The van der Waals surface area contributed by atoms with Gasteiger partial charge in [0.05, 0.1) is 0 Å². The van der Waals surface area contributed by atoms with Gasteiger partial charge in [-0.15, -0.1) is 5.10 Å². The molecular formula is C14H19ClN6O2. The zero-order valence-electron chi connectivity index (χ0n) is 13.2. The molecule has 0 aliphatic rings. The molecule has 23 heavy (non-hydrogen) atoms. The van der Waals surface area contributed by atoms with Crippen LogP contribution in [-0.2, 0) is 11.3 Å². The Morgan fingerprint density at radius 2 is 2.17 bits per heavy atom. The number of hydrogen-bond donors (Lipinski definition) is 3. The van der Waals surface area contributed by atoms with Gasteiger partial charge in [-0.3, -0.25) is 4.79 Å². The van der Waals surface area contributed by atoms with Crippen LogP contribution < -0.4 is 15.4 Å². The summed E-state index contributed by atoms with van der Waals surface area (Å²) in [6.07, 6.45) is 0. The van der Waals surface area contributed by atoms with E-state index in [0.29, 0.717) is 23.3 Å². The van der Waals surface area contributed by atoms with Crippen LogP contribution in [0.15, 0.2) is 18.2 Å². The van der Waals surface area contributed by atoms with Gasteiger partial charge in [0.1, 0.15) is 5.75 Å². The van der Waals surface area contributed by atoms with Gasteiger partial charge in [0.25, 0.3) is 11.9 Å². The number of H-pyrrole nitrogens is 1. The molecule has 0 saturated heterocycles. The molecule has 124 valence electrons. The standard InChI is InChI=1S/C14H19ClN6O2/c1-14(2,3)17-12(22)8-23-11-5-4-10(15)6-9(11)7-16-13-18-20-21-19-13/h4-6H,7-8H2,1-3H3,(H,17,22)(H2,16,18,19,20,21). The molecule has 0 unspecified atom stereocenters. The number of benzene rings is 1. The Morgan fingerprint density at radius 3 is 2.83 bits per heavy atom. The summed E-state index contributed by atoms with van der Waals surface area (Å²) in [4.78, 5) is 11.8. The number of rotatable bonds is 6. The van der Waals surface area contributed by atoms with Crippen molar-refractivity contribution in [1.29, 1.82) is 0 Å². The smallest absolute Gasteiger partial charge is 0.263 e. The maximum absolute atomic E-state index is 11.8. The maximum atomic E-state index is 11.8. The number of halogens is 1. The van der Waals surface area contributed by atoms with Crippen molar-refractivity contribution in [3.8, 4) is 5.75 Å². The Balaban J connectivity index is 1.99. The number of nitrogens with zero attached hydrogens (tertiary/aromatic N) is 3. The van der Waals surface area contributed by atoms with Gasteiger partial charge < -0.3 is 15.4 Å². The van der Waals surface area contributed by atoms with Crippen LogP contribution in [0.4, 0.5) is 5.95 Å². The number of tetrazole rings is 1. The minimum atomic E-state index is -0.302. The predicted molar refractivity (Wildman–Crippen MR) is 86.3 cm³/mol. The van der Waals surface area contributed by atoms with E-state index in [4.69, 9.17) is 16.3 Å². The molecule has 1 amide bonds. The highest BCUT2D eigenvalue weighted by Crippen LogP contribution is 2.23. The molecule has 0 aliphatic heterocycles. The topological polar surface area (TPSA) is 105 Å². The molecule has 1 heterocycles. The number of anilines is 1. The first-order valence-corrected chi connectivity index (χ1v) is 7.41. The van der Waals surface area contributed by atoms with E-state index in [-0.39, 0.29) is 18.1 Å². The summed E-state index contributed by atoms with van der Waals surface area (Å²) in [6, 6.07) is 5.18. The number of aromatic amines is 1. The fourth-order valence-electron chi connectivity index (χ4n) is 1.84. The van der Waals surface area contributed by atoms with E-state index >= 15 is 0 Å². The molecule has 2 aromatic rings. The minimum absolute atomic E-state index is 0.0753. The molecule has 9 heteroatoms. The molecule has 2 rings (SSSR count). The first-order chi connectivity index (χ1) is 10.8. The third-order valence-electron chi connectivity index (χ3n) is 2.68. The Bertz CT molecular complexity index is 654. The summed E-state index contributed by atoms with van der Waals surface area (Å²) in [7, 11) is 0. The van der Waals surface area contributed by atoms with Crippen LogP contribution in [0, 0.1) is 0 Å². The van der Waals surface area contributed by atoms with Crippen molar-refractivity contribution in [3.05, 3.63) is 28.8 Å². The van der Waals surface area contributed by atoms with Crippen LogP contribution in [0.25, 0.3) is 0 Å². The van der Waals surface area contributed by atoms with Crippen molar-refractivity contribution in [2.45, 2.75) is 32.9 Å². The molecule has 0 fully saturated rings. The van der Waals surface area contributed by atoms with Gasteiger partial charge in [0.2, 0.25) is 0 Å².